The van der Waals surface area contributed by atoms with Gasteiger partial charge in [0.15, 0.2) is 9.84 Å². The Hall–Kier alpha value is -2.23. The van der Waals surface area contributed by atoms with Gasteiger partial charge < -0.3 is 10.8 Å². The van der Waals surface area contributed by atoms with Crippen LogP contribution in [0.3, 0.4) is 0 Å². The van der Waals surface area contributed by atoms with Crippen LogP contribution in [0.5, 0.6) is 0 Å². The van der Waals surface area contributed by atoms with E-state index in [9.17, 15) is 22.0 Å². The number of sulfone groups is 1. The lowest BCUT2D eigenvalue weighted by molar-refractivity contribution is 0.199. The smallest absolute Gasteiger partial charge is 0.410 e. The van der Waals surface area contributed by atoms with Gasteiger partial charge in [0, 0.05) is 11.3 Å². The Balaban J connectivity index is 2.26. The van der Waals surface area contributed by atoms with E-state index < -0.39 is 37.5 Å². The zero-order chi connectivity index (χ0) is 17.9. The maximum atomic E-state index is 15.0. The molecule has 0 aromatic heterocycles. The van der Waals surface area contributed by atoms with Crippen molar-refractivity contribution in [3.05, 3.63) is 29.6 Å². The fraction of sp³-hybridized carbons (Fsp3) is 0.429. The zero-order valence-corrected chi connectivity index (χ0v) is 13.4. The van der Waals surface area contributed by atoms with Crippen molar-refractivity contribution in [1.82, 2.24) is 5.32 Å². The molecule has 0 radical (unpaired) electrons. The minimum absolute atomic E-state index is 0.0599. The monoisotopic (exact) mass is 359 g/mol. The van der Waals surface area contributed by atoms with Gasteiger partial charge in [-0.05, 0) is 38.0 Å². The highest BCUT2D eigenvalue weighted by atomic mass is 32.2. The first-order valence-electron chi connectivity index (χ1n) is 7.08. The SMILES string of the molecule is C[C@]1(c2cc(N)ccc2F)N=C(NC(=O)O)C2(CC2)S(=O)(=O)C1F. The summed E-state index contributed by atoms with van der Waals surface area (Å²) in [6.45, 7) is 1.10. The second-order valence-electron chi connectivity index (χ2n) is 6.13. The van der Waals surface area contributed by atoms with Crippen molar-refractivity contribution in [1.29, 1.82) is 0 Å². The molecule has 24 heavy (non-hydrogen) atoms. The lowest BCUT2D eigenvalue weighted by atomic mass is 9.92. The molecule has 2 atom stereocenters. The van der Waals surface area contributed by atoms with Crippen LogP contribution in [0.2, 0.25) is 0 Å². The number of nitrogen functional groups attached to an aromatic ring is 1. The van der Waals surface area contributed by atoms with E-state index >= 15 is 0 Å². The highest BCUT2D eigenvalue weighted by Crippen LogP contribution is 2.54. The highest BCUT2D eigenvalue weighted by Gasteiger charge is 2.68. The Labute approximate surface area is 136 Å². The molecule has 1 aliphatic heterocycles. The molecule has 3 rings (SSSR count). The van der Waals surface area contributed by atoms with Crippen molar-refractivity contribution in [2.45, 2.75) is 35.6 Å². The number of amidine groups is 1. The summed E-state index contributed by atoms with van der Waals surface area (Å²) < 4.78 is 52.8. The summed E-state index contributed by atoms with van der Waals surface area (Å²) in [6.07, 6.45) is -1.41. The van der Waals surface area contributed by atoms with E-state index in [2.05, 4.69) is 4.99 Å². The Morgan fingerprint density at radius 2 is 2.08 bits per heavy atom. The van der Waals surface area contributed by atoms with E-state index in [4.69, 9.17) is 10.8 Å². The fourth-order valence-corrected chi connectivity index (χ4v) is 5.23. The quantitative estimate of drug-likeness (QED) is 0.657. The van der Waals surface area contributed by atoms with Gasteiger partial charge in [0.1, 0.15) is 21.9 Å². The Bertz CT molecular complexity index is 867. The third-order valence-corrected chi connectivity index (χ3v) is 7.19. The number of carbonyl (C=O) groups is 1. The molecule has 1 amide bonds. The van der Waals surface area contributed by atoms with E-state index in [-0.39, 0.29) is 29.9 Å². The number of halogens is 2. The van der Waals surface area contributed by atoms with Crippen LogP contribution >= 0.6 is 0 Å². The van der Waals surface area contributed by atoms with Crippen molar-refractivity contribution in [3.8, 4) is 0 Å². The molecule has 1 spiro atoms. The molecule has 0 bridgehead atoms. The molecular formula is C14H15F2N3O4S. The standard InChI is InChI=1S/C14H15F2N3O4S/c1-13(8-6-7(17)2-3-9(8)15)10(16)24(22,23)14(4-5-14)11(19-13)18-12(20)21/h2-3,6,10H,4-5,17H2,1H3,(H,18,19)(H,20,21)/t10?,13-/m1/s1. The Morgan fingerprint density at radius 1 is 1.46 bits per heavy atom. The third-order valence-electron chi connectivity index (χ3n) is 4.50. The van der Waals surface area contributed by atoms with Gasteiger partial charge in [-0.15, -0.1) is 0 Å². The van der Waals surface area contributed by atoms with Crippen molar-refractivity contribution < 1.29 is 27.1 Å². The number of hydrogen-bond donors (Lipinski definition) is 3. The number of nitrogens with one attached hydrogen (secondary N) is 1. The largest absolute Gasteiger partial charge is 0.465 e. The van der Waals surface area contributed by atoms with Crippen LogP contribution in [0.1, 0.15) is 25.3 Å². The summed E-state index contributed by atoms with van der Waals surface area (Å²) in [5, 5.41) is 10.9. The number of anilines is 1. The fourth-order valence-electron chi connectivity index (χ4n) is 3.01. The predicted molar refractivity (Wildman–Crippen MR) is 82.5 cm³/mol. The zero-order valence-electron chi connectivity index (χ0n) is 12.6. The van der Waals surface area contributed by atoms with E-state index in [1.165, 1.54) is 6.07 Å². The van der Waals surface area contributed by atoms with Gasteiger partial charge >= 0.3 is 6.09 Å². The van der Waals surface area contributed by atoms with Gasteiger partial charge in [0.2, 0.25) is 5.50 Å². The molecule has 1 aromatic carbocycles. The van der Waals surface area contributed by atoms with E-state index in [0.717, 1.165) is 19.1 Å². The molecule has 0 saturated heterocycles. The van der Waals surface area contributed by atoms with Gasteiger partial charge in [-0.2, -0.15) is 0 Å². The first kappa shape index (κ1) is 16.6. The highest BCUT2D eigenvalue weighted by molar-refractivity contribution is 7.94. The lowest BCUT2D eigenvalue weighted by Gasteiger charge is -2.38. The summed E-state index contributed by atoms with van der Waals surface area (Å²) in [5.74, 6) is -1.26. The van der Waals surface area contributed by atoms with Gasteiger partial charge in [0.25, 0.3) is 0 Å². The van der Waals surface area contributed by atoms with Crippen LogP contribution in [0, 0.1) is 5.82 Å². The molecule has 1 unspecified atom stereocenters. The number of carboxylic acid groups (broad SMARTS) is 1. The lowest BCUT2D eigenvalue weighted by Crippen LogP contribution is -2.56. The molecule has 1 heterocycles. The van der Waals surface area contributed by atoms with E-state index in [0.29, 0.717) is 0 Å². The normalized spacial score (nSPS) is 29.8. The number of benzene rings is 1. The number of rotatable bonds is 1. The molecule has 1 aromatic rings. The average Bonchev–Trinajstić information content (AvgIpc) is 3.28. The molecule has 10 heteroatoms. The molecule has 7 nitrogen and oxygen atoms in total. The number of nitrogens with two attached hydrogens (primary N) is 1. The average molecular weight is 359 g/mol. The van der Waals surface area contributed by atoms with Crippen LogP contribution in [0.25, 0.3) is 0 Å². The van der Waals surface area contributed by atoms with Gasteiger partial charge in [-0.25, -0.2) is 22.0 Å². The molecule has 4 N–H and O–H groups in total. The topological polar surface area (TPSA) is 122 Å². The maximum Gasteiger partial charge on any atom is 0.410 e. The van der Waals surface area contributed by atoms with Crippen molar-refractivity contribution in [3.63, 3.8) is 0 Å². The van der Waals surface area contributed by atoms with Crippen molar-refractivity contribution in [2.24, 2.45) is 4.99 Å². The van der Waals surface area contributed by atoms with Crippen molar-refractivity contribution in [2.75, 3.05) is 5.73 Å². The summed E-state index contributed by atoms with van der Waals surface area (Å²) in [7, 11) is -4.44. The Kier molecular flexibility index (Phi) is 3.38. The Morgan fingerprint density at radius 3 is 2.62 bits per heavy atom. The van der Waals surface area contributed by atoms with Crippen molar-refractivity contribution >= 4 is 27.5 Å². The van der Waals surface area contributed by atoms with Crippen LogP contribution in [0.4, 0.5) is 19.3 Å². The molecule has 2 aliphatic rings. The number of alkyl halides is 1. The predicted octanol–water partition coefficient (Wildman–Crippen LogP) is 1.55. The third kappa shape index (κ3) is 2.09. The van der Waals surface area contributed by atoms with Crippen LogP contribution in [-0.4, -0.2) is 35.7 Å². The van der Waals surface area contributed by atoms with Crippen LogP contribution in [-0.2, 0) is 15.4 Å². The summed E-state index contributed by atoms with van der Waals surface area (Å²) in [4.78, 5) is 15.0. The summed E-state index contributed by atoms with van der Waals surface area (Å²) in [6, 6.07) is 3.33. The number of aliphatic imine (C=N–C) groups is 1. The van der Waals surface area contributed by atoms with Gasteiger partial charge in [-0.1, -0.05) is 0 Å². The summed E-state index contributed by atoms with van der Waals surface area (Å²) in [5.41, 5.74) is 0.672. The molecule has 1 saturated carbocycles. The van der Waals surface area contributed by atoms with E-state index in [1.54, 1.807) is 0 Å². The van der Waals surface area contributed by atoms with Gasteiger partial charge in [-0.3, -0.25) is 10.3 Å². The first-order chi connectivity index (χ1) is 11.0. The van der Waals surface area contributed by atoms with E-state index in [1.807, 2.05) is 5.32 Å². The molecular weight excluding hydrogens is 344 g/mol. The minimum Gasteiger partial charge on any atom is -0.465 e. The molecule has 1 aliphatic carbocycles. The van der Waals surface area contributed by atoms with Crippen LogP contribution in [0.15, 0.2) is 23.2 Å². The van der Waals surface area contributed by atoms with Gasteiger partial charge in [0.05, 0.1) is 0 Å². The number of hydrogen-bond acceptors (Lipinski definition) is 5. The second-order valence-corrected chi connectivity index (χ2v) is 8.42. The second kappa shape index (κ2) is 4.88. The summed E-state index contributed by atoms with van der Waals surface area (Å²) >= 11 is 0. The maximum absolute atomic E-state index is 15.0. The molecule has 1 fully saturated rings. The van der Waals surface area contributed by atoms with Crippen LogP contribution < -0.4 is 11.1 Å². The first-order valence-corrected chi connectivity index (χ1v) is 8.62. The molecule has 130 valence electrons. The minimum atomic E-state index is -4.44. The number of amides is 1. The number of nitrogens with zero attached hydrogens (tertiary/aromatic N) is 1.